The van der Waals surface area contributed by atoms with Crippen LogP contribution in [0.3, 0.4) is 0 Å². The molecule has 4 rings (SSSR count). The SMILES string of the molecule is Cn1c(Nc2c(Cl)ccc(CNC(=O)C(C)(C)C)c2Cl)nc2cc(C(=O)N[C@H]3CC[C@H](C(F)(F)F)CC3)c(NCCCO)cc21. The van der Waals surface area contributed by atoms with Crippen molar-refractivity contribution in [2.75, 3.05) is 23.8 Å². The van der Waals surface area contributed by atoms with Crippen LogP contribution in [0.1, 0.15) is 68.8 Å². The molecule has 0 unspecified atom stereocenters. The van der Waals surface area contributed by atoms with Crippen LogP contribution in [0, 0.1) is 11.3 Å². The molecule has 0 atom stereocenters. The molecule has 0 spiro atoms. The number of carbonyl (C=O) groups is 2. The number of aliphatic hydroxyl groups excluding tert-OH is 1. The summed E-state index contributed by atoms with van der Waals surface area (Å²) in [6, 6.07) is 6.42. The number of rotatable bonds is 10. The number of alkyl halides is 3. The molecular weight excluding hydrogens is 632 g/mol. The molecule has 0 saturated heterocycles. The molecule has 1 aliphatic rings. The Morgan fingerprint density at radius 1 is 1.09 bits per heavy atom. The smallest absolute Gasteiger partial charge is 0.391 e. The number of nitrogens with one attached hydrogen (secondary N) is 4. The molecule has 0 radical (unpaired) electrons. The van der Waals surface area contributed by atoms with Gasteiger partial charge in [0.05, 0.1) is 38.2 Å². The van der Waals surface area contributed by atoms with Crippen LogP contribution >= 0.6 is 23.2 Å². The van der Waals surface area contributed by atoms with E-state index < -0.39 is 23.4 Å². The number of benzene rings is 2. The second kappa shape index (κ2) is 14.0. The zero-order chi connectivity index (χ0) is 33.1. The predicted molar refractivity (Wildman–Crippen MR) is 171 cm³/mol. The number of halogens is 5. The zero-order valence-electron chi connectivity index (χ0n) is 25.7. The number of nitrogens with zero attached hydrogens (tertiary/aromatic N) is 2. The van der Waals surface area contributed by atoms with E-state index in [1.54, 1.807) is 35.9 Å². The summed E-state index contributed by atoms with van der Waals surface area (Å²) in [7, 11) is 1.78. The molecule has 1 saturated carbocycles. The van der Waals surface area contributed by atoms with Gasteiger partial charge in [0.2, 0.25) is 11.9 Å². The van der Waals surface area contributed by atoms with Crippen LogP contribution in [0.4, 0.5) is 30.5 Å². The number of aliphatic hydroxyl groups is 1. The highest BCUT2D eigenvalue weighted by atomic mass is 35.5. The molecule has 0 aliphatic heterocycles. The molecule has 2 amide bonds. The largest absolute Gasteiger partial charge is 0.396 e. The van der Waals surface area contributed by atoms with Crippen LogP contribution in [-0.2, 0) is 18.4 Å². The molecule has 1 heterocycles. The van der Waals surface area contributed by atoms with Crippen LogP contribution in [0.5, 0.6) is 0 Å². The lowest BCUT2D eigenvalue weighted by molar-refractivity contribution is -0.182. The van der Waals surface area contributed by atoms with Crippen molar-refractivity contribution in [2.45, 2.75) is 71.6 Å². The molecule has 0 bridgehead atoms. The Hall–Kier alpha value is -3.22. The van der Waals surface area contributed by atoms with Crippen molar-refractivity contribution in [1.82, 2.24) is 20.2 Å². The maximum Gasteiger partial charge on any atom is 0.391 e. The second-order valence-electron chi connectivity index (χ2n) is 12.4. The Bertz CT molecular complexity index is 1550. The summed E-state index contributed by atoms with van der Waals surface area (Å²) in [6.07, 6.45) is -3.36. The van der Waals surface area contributed by atoms with Crippen LogP contribution < -0.4 is 21.3 Å². The topological polar surface area (TPSA) is 120 Å². The Morgan fingerprint density at radius 2 is 1.78 bits per heavy atom. The molecular formula is C31H39Cl2F3N6O3. The first-order valence-corrected chi connectivity index (χ1v) is 15.6. The minimum Gasteiger partial charge on any atom is -0.396 e. The van der Waals surface area contributed by atoms with E-state index in [0.717, 1.165) is 0 Å². The van der Waals surface area contributed by atoms with Gasteiger partial charge in [-0.1, -0.05) is 50.0 Å². The van der Waals surface area contributed by atoms with Crippen molar-refractivity contribution < 1.29 is 27.9 Å². The van der Waals surface area contributed by atoms with Gasteiger partial charge in [-0.15, -0.1) is 0 Å². The van der Waals surface area contributed by atoms with Gasteiger partial charge in [0.25, 0.3) is 5.91 Å². The van der Waals surface area contributed by atoms with Gasteiger partial charge in [0.15, 0.2) is 0 Å². The number of hydrogen-bond donors (Lipinski definition) is 5. The maximum atomic E-state index is 13.4. The number of hydrogen-bond acceptors (Lipinski definition) is 6. The lowest BCUT2D eigenvalue weighted by Crippen LogP contribution is -2.40. The quantitative estimate of drug-likeness (QED) is 0.149. The van der Waals surface area contributed by atoms with Crippen molar-refractivity contribution in [3.63, 3.8) is 0 Å². The van der Waals surface area contributed by atoms with Crippen molar-refractivity contribution in [2.24, 2.45) is 18.4 Å². The molecule has 14 heteroatoms. The highest BCUT2D eigenvalue weighted by Gasteiger charge is 2.41. The van der Waals surface area contributed by atoms with Crippen LogP contribution in [0.2, 0.25) is 10.0 Å². The minimum atomic E-state index is -4.23. The van der Waals surface area contributed by atoms with E-state index in [-0.39, 0.29) is 56.3 Å². The predicted octanol–water partition coefficient (Wildman–Crippen LogP) is 6.93. The van der Waals surface area contributed by atoms with Crippen LogP contribution in [0.25, 0.3) is 11.0 Å². The Balaban J connectivity index is 1.60. The Morgan fingerprint density at radius 3 is 2.40 bits per heavy atom. The summed E-state index contributed by atoms with van der Waals surface area (Å²) in [6.45, 7) is 6.00. The van der Waals surface area contributed by atoms with Crippen molar-refractivity contribution >= 4 is 63.4 Å². The van der Waals surface area contributed by atoms with E-state index in [2.05, 4.69) is 26.3 Å². The third-order valence-corrected chi connectivity index (χ3v) is 8.72. The number of imidazole rings is 1. The lowest BCUT2D eigenvalue weighted by atomic mass is 9.85. The van der Waals surface area contributed by atoms with Gasteiger partial charge < -0.3 is 30.9 Å². The van der Waals surface area contributed by atoms with E-state index in [1.807, 2.05) is 20.8 Å². The number of aromatic nitrogens is 2. The Kier molecular flexibility index (Phi) is 10.8. The number of fused-ring (bicyclic) bond motifs is 1. The first-order chi connectivity index (χ1) is 21.1. The van der Waals surface area contributed by atoms with Gasteiger partial charge in [-0.05, 0) is 55.9 Å². The van der Waals surface area contributed by atoms with Gasteiger partial charge in [0.1, 0.15) is 0 Å². The third kappa shape index (κ3) is 8.33. The fraction of sp³-hybridized carbons (Fsp3) is 0.516. The van der Waals surface area contributed by atoms with Crippen LogP contribution in [-0.4, -0.2) is 51.8 Å². The fourth-order valence-electron chi connectivity index (χ4n) is 5.21. The fourth-order valence-corrected chi connectivity index (χ4v) is 5.75. The molecule has 2 aromatic carbocycles. The summed E-state index contributed by atoms with van der Waals surface area (Å²) in [5.74, 6) is -1.51. The normalized spacial score (nSPS) is 17.3. The molecule has 3 aromatic rings. The standard InChI is InChI=1S/C31H39Cl2F3N6O3/c1-30(2,3)28(45)38-16-17-6-11-21(32)26(25(17)33)41-29-40-23-14-20(22(37-12-5-13-43)15-24(23)42(29)4)27(44)39-19-9-7-18(8-10-19)31(34,35)36/h6,11,14-15,18-19,37,43H,5,7-10,12-13,16H2,1-4H3,(H,38,45)(H,39,44)(H,40,41)/t18-,19-. The highest BCUT2D eigenvalue weighted by molar-refractivity contribution is 6.39. The molecule has 9 nitrogen and oxygen atoms in total. The van der Waals surface area contributed by atoms with Crippen LogP contribution in [0.15, 0.2) is 24.3 Å². The average molecular weight is 672 g/mol. The molecule has 45 heavy (non-hydrogen) atoms. The molecule has 246 valence electrons. The van der Waals surface area contributed by atoms with Gasteiger partial charge in [-0.25, -0.2) is 4.98 Å². The van der Waals surface area contributed by atoms with Gasteiger partial charge in [-0.3, -0.25) is 9.59 Å². The van der Waals surface area contributed by atoms with E-state index in [1.165, 1.54) is 0 Å². The highest BCUT2D eigenvalue weighted by Crippen LogP contribution is 2.39. The van der Waals surface area contributed by atoms with Gasteiger partial charge in [-0.2, -0.15) is 13.2 Å². The zero-order valence-corrected chi connectivity index (χ0v) is 27.2. The summed E-state index contributed by atoms with van der Waals surface area (Å²) < 4.78 is 41.1. The van der Waals surface area contributed by atoms with E-state index in [0.29, 0.717) is 56.9 Å². The third-order valence-electron chi connectivity index (χ3n) is 7.97. The van der Waals surface area contributed by atoms with E-state index in [9.17, 15) is 27.9 Å². The molecule has 5 N–H and O–H groups in total. The summed E-state index contributed by atoms with van der Waals surface area (Å²) in [5, 5.41) is 22.1. The molecule has 1 fully saturated rings. The first kappa shape index (κ1) is 34.6. The summed E-state index contributed by atoms with van der Waals surface area (Å²) >= 11 is 13.2. The van der Waals surface area contributed by atoms with Crippen molar-refractivity contribution in [3.05, 3.63) is 45.4 Å². The average Bonchev–Trinajstić information content (AvgIpc) is 3.27. The maximum absolute atomic E-state index is 13.4. The van der Waals surface area contributed by atoms with Gasteiger partial charge in [0, 0.05) is 43.9 Å². The summed E-state index contributed by atoms with van der Waals surface area (Å²) in [5.41, 5.74) is 2.43. The van der Waals surface area contributed by atoms with E-state index in [4.69, 9.17) is 23.2 Å². The van der Waals surface area contributed by atoms with Gasteiger partial charge >= 0.3 is 6.18 Å². The first-order valence-electron chi connectivity index (χ1n) is 14.8. The van der Waals surface area contributed by atoms with Crippen molar-refractivity contribution in [1.29, 1.82) is 0 Å². The monoisotopic (exact) mass is 670 g/mol. The summed E-state index contributed by atoms with van der Waals surface area (Å²) in [4.78, 5) is 30.5. The molecule has 1 aliphatic carbocycles. The number of amides is 2. The van der Waals surface area contributed by atoms with Crippen molar-refractivity contribution in [3.8, 4) is 0 Å². The second-order valence-corrected chi connectivity index (χ2v) is 13.2. The number of aryl methyl sites for hydroxylation is 1. The Labute approximate surface area is 270 Å². The minimum absolute atomic E-state index is 0.0281. The molecule has 1 aromatic heterocycles. The number of carbonyl (C=O) groups excluding carboxylic acids is 2. The van der Waals surface area contributed by atoms with E-state index >= 15 is 0 Å². The lowest BCUT2D eigenvalue weighted by Gasteiger charge is -2.30. The number of anilines is 3.